The molecule has 1 heterocycles. The molecule has 0 saturated carbocycles. The van der Waals surface area contributed by atoms with E-state index in [1.165, 1.54) is 0 Å². The molecule has 110 valence electrons. The maximum atomic E-state index is 10.7. The molecule has 1 N–H and O–H groups in total. The van der Waals surface area contributed by atoms with Crippen LogP contribution < -0.4 is 0 Å². The van der Waals surface area contributed by atoms with Crippen LogP contribution in [0.25, 0.3) is 0 Å². The van der Waals surface area contributed by atoms with Gasteiger partial charge < -0.3 is 5.11 Å². The molecule has 0 aliphatic carbocycles. The lowest BCUT2D eigenvalue weighted by molar-refractivity contribution is -0.0328. The summed E-state index contributed by atoms with van der Waals surface area (Å²) < 4.78 is 8.41. The Morgan fingerprint density at radius 1 is 1.00 bits per heavy atom. The molecule has 1 aliphatic rings. The van der Waals surface area contributed by atoms with Gasteiger partial charge in [-0.15, -0.1) is 0 Å². The predicted molar refractivity (Wildman–Crippen MR) is 85.9 cm³/mol. The number of nitrogens with zero attached hydrogens (tertiary/aromatic N) is 1. The van der Waals surface area contributed by atoms with E-state index in [-0.39, 0.29) is 18.0 Å². The fourth-order valence-electron chi connectivity index (χ4n) is 3.46. The smallest absolute Gasteiger partial charge is 0.0605 e. The average Bonchev–Trinajstić information content (AvgIpc) is 2.53. The summed E-state index contributed by atoms with van der Waals surface area (Å²) in [5.74, 6) is -0.153. The molecule has 0 bridgehead atoms. The van der Waals surface area contributed by atoms with E-state index in [1.807, 2.05) is 43.3 Å². The van der Waals surface area contributed by atoms with Crippen molar-refractivity contribution < 1.29 is 6.48 Å². The van der Waals surface area contributed by atoms with E-state index in [0.717, 1.165) is 11.1 Å². The molecule has 2 heteroatoms. The average molecular weight is 282 g/mol. The van der Waals surface area contributed by atoms with Crippen LogP contribution in [0.1, 0.15) is 37.9 Å². The Balaban J connectivity index is 2.01. The second-order valence-electron chi connectivity index (χ2n) is 5.93. The van der Waals surface area contributed by atoms with Crippen molar-refractivity contribution in [3.8, 4) is 0 Å². The van der Waals surface area contributed by atoms with E-state index < -0.39 is 6.08 Å². The Morgan fingerprint density at radius 2 is 1.52 bits per heavy atom. The van der Waals surface area contributed by atoms with Crippen LogP contribution in [0, 0.1) is 5.92 Å². The Bertz CT molecular complexity index is 614. The molecule has 2 nitrogen and oxygen atoms in total. The van der Waals surface area contributed by atoms with E-state index in [2.05, 4.69) is 36.2 Å². The number of benzene rings is 2. The number of rotatable bonds is 2. The summed E-state index contributed by atoms with van der Waals surface area (Å²) in [7, 11) is 2.10. The summed E-state index contributed by atoms with van der Waals surface area (Å²) in [6.45, 7) is 1.97. The number of aliphatic hydroxyl groups is 1. The van der Waals surface area contributed by atoms with Gasteiger partial charge >= 0.3 is 0 Å². The van der Waals surface area contributed by atoms with Gasteiger partial charge in [0.25, 0.3) is 0 Å². The summed E-state index contributed by atoms with van der Waals surface area (Å²) in [5.41, 5.74) is 2.31. The molecule has 2 aromatic rings. The third kappa shape index (κ3) is 2.74. The Morgan fingerprint density at radius 3 is 2.10 bits per heavy atom. The number of hydrogen-bond donors (Lipinski definition) is 1. The van der Waals surface area contributed by atoms with Crippen molar-refractivity contribution in [3.05, 3.63) is 71.8 Å². The molecule has 0 aromatic heterocycles. The van der Waals surface area contributed by atoms with Crippen LogP contribution >= 0.6 is 0 Å². The van der Waals surface area contributed by atoms with E-state index in [4.69, 9.17) is 1.37 Å². The van der Waals surface area contributed by atoms with Gasteiger partial charge in [-0.05, 0) is 24.6 Å². The summed E-state index contributed by atoms with van der Waals surface area (Å²) in [6.07, 6.45) is -0.995. The van der Waals surface area contributed by atoms with E-state index in [0.29, 0.717) is 6.42 Å². The molecule has 1 fully saturated rings. The van der Waals surface area contributed by atoms with Crippen LogP contribution in [-0.2, 0) is 0 Å². The molecule has 3 rings (SSSR count). The van der Waals surface area contributed by atoms with Gasteiger partial charge in [-0.2, -0.15) is 0 Å². The van der Waals surface area contributed by atoms with Gasteiger partial charge in [0.15, 0.2) is 0 Å². The second kappa shape index (κ2) is 6.00. The van der Waals surface area contributed by atoms with Crippen LogP contribution in [0.4, 0.5) is 0 Å². The van der Waals surface area contributed by atoms with Gasteiger partial charge in [-0.25, -0.2) is 0 Å². The maximum absolute atomic E-state index is 10.7. The van der Waals surface area contributed by atoms with Gasteiger partial charge in [-0.3, -0.25) is 4.90 Å². The van der Waals surface area contributed by atoms with Gasteiger partial charge in [-0.1, -0.05) is 67.6 Å². The van der Waals surface area contributed by atoms with E-state index in [9.17, 15) is 5.11 Å². The number of piperidine rings is 1. The van der Waals surface area contributed by atoms with Crippen LogP contribution in [0.3, 0.4) is 0 Å². The van der Waals surface area contributed by atoms with Crippen molar-refractivity contribution in [1.29, 1.82) is 0 Å². The summed E-state index contributed by atoms with van der Waals surface area (Å²) in [5, 5.41) is 10.7. The SMILES string of the molecule is [2H][C@]1(O)C[C@@H](c2ccccc2)N(C)[C@@H](c2ccccc2)[C@@H]1C. The second-order valence-corrected chi connectivity index (χ2v) is 5.93. The predicted octanol–water partition coefficient (Wildman–Crippen LogP) is 3.80. The van der Waals surface area contributed by atoms with Crippen molar-refractivity contribution >= 4 is 0 Å². The zero-order chi connectivity index (χ0) is 15.7. The molecule has 1 saturated heterocycles. The van der Waals surface area contributed by atoms with E-state index >= 15 is 0 Å². The van der Waals surface area contributed by atoms with Crippen molar-refractivity contribution in [2.24, 2.45) is 5.92 Å². The van der Waals surface area contributed by atoms with E-state index in [1.54, 1.807) is 0 Å². The van der Waals surface area contributed by atoms with Crippen molar-refractivity contribution in [2.75, 3.05) is 7.05 Å². The highest BCUT2D eigenvalue weighted by Gasteiger charge is 2.39. The largest absolute Gasteiger partial charge is 0.393 e. The third-order valence-electron chi connectivity index (χ3n) is 4.66. The quantitative estimate of drug-likeness (QED) is 0.905. The monoisotopic (exact) mass is 282 g/mol. The summed E-state index contributed by atoms with van der Waals surface area (Å²) in [6, 6.07) is 20.5. The zero-order valence-electron chi connectivity index (χ0n) is 13.6. The fourth-order valence-corrected chi connectivity index (χ4v) is 3.46. The molecule has 0 spiro atoms. The highest BCUT2D eigenvalue weighted by Crippen LogP contribution is 2.43. The van der Waals surface area contributed by atoms with Crippen molar-refractivity contribution in [1.82, 2.24) is 4.90 Å². The highest BCUT2D eigenvalue weighted by molar-refractivity contribution is 5.25. The molecule has 2 aromatic carbocycles. The van der Waals surface area contributed by atoms with Crippen LogP contribution in [0.5, 0.6) is 0 Å². The first-order valence-electron chi connectivity index (χ1n) is 8.05. The van der Waals surface area contributed by atoms with Gasteiger partial charge in [0, 0.05) is 18.0 Å². The lowest BCUT2D eigenvalue weighted by Crippen LogP contribution is -2.44. The lowest BCUT2D eigenvalue weighted by atomic mass is 9.79. The van der Waals surface area contributed by atoms with Crippen LogP contribution in [-0.4, -0.2) is 23.1 Å². The molecule has 0 amide bonds. The number of likely N-dealkylation sites (tertiary alicyclic amines) is 1. The molecular formula is C19H23NO. The first-order valence-corrected chi connectivity index (χ1v) is 7.55. The first kappa shape index (κ1) is 13.1. The van der Waals surface area contributed by atoms with Gasteiger partial charge in [0.2, 0.25) is 0 Å². The Hall–Kier alpha value is -1.64. The van der Waals surface area contributed by atoms with Gasteiger partial charge in [0.05, 0.1) is 7.45 Å². The lowest BCUT2D eigenvalue weighted by Gasteiger charge is -2.46. The minimum Gasteiger partial charge on any atom is -0.393 e. The third-order valence-corrected chi connectivity index (χ3v) is 4.66. The molecule has 0 radical (unpaired) electrons. The Kier molecular flexibility index (Phi) is 3.73. The minimum atomic E-state index is -1.42. The topological polar surface area (TPSA) is 23.5 Å². The minimum absolute atomic E-state index is 0.0302. The first-order chi connectivity index (χ1) is 10.5. The molecule has 21 heavy (non-hydrogen) atoms. The van der Waals surface area contributed by atoms with Crippen LogP contribution in [0.15, 0.2) is 60.7 Å². The summed E-state index contributed by atoms with van der Waals surface area (Å²) in [4.78, 5) is 2.30. The standard InChI is InChI=1S/C19H23NO/c1-14-18(21)13-17(15-9-5-3-6-10-15)20(2)19(14)16-11-7-4-8-12-16/h3-12,14,17-19,21H,13H2,1-2H3/t14-,17+,18+,19-/m1/s1/i18D. The van der Waals surface area contributed by atoms with Crippen LogP contribution in [0.2, 0.25) is 0 Å². The summed E-state index contributed by atoms with van der Waals surface area (Å²) >= 11 is 0. The highest BCUT2D eigenvalue weighted by atomic mass is 16.3. The normalized spacial score (nSPS) is 34.4. The van der Waals surface area contributed by atoms with Crippen molar-refractivity contribution in [2.45, 2.75) is 31.5 Å². The fraction of sp³-hybridized carbons (Fsp3) is 0.368. The van der Waals surface area contributed by atoms with Gasteiger partial charge in [0.1, 0.15) is 0 Å². The zero-order valence-corrected chi connectivity index (χ0v) is 12.6. The molecule has 1 aliphatic heterocycles. The maximum Gasteiger partial charge on any atom is 0.0605 e. The molecular weight excluding hydrogens is 258 g/mol. The van der Waals surface area contributed by atoms with Crippen molar-refractivity contribution in [3.63, 3.8) is 0 Å². The molecule has 4 atom stereocenters. The molecule has 0 unspecified atom stereocenters. The number of hydrogen-bond acceptors (Lipinski definition) is 2. The Labute approximate surface area is 128 Å².